The molecule has 0 bridgehead atoms. The first-order valence-electron chi connectivity index (χ1n) is 5.23. The van der Waals surface area contributed by atoms with Crippen molar-refractivity contribution in [3.63, 3.8) is 0 Å². The summed E-state index contributed by atoms with van der Waals surface area (Å²) in [5, 5.41) is 8.60. The fourth-order valence-corrected chi connectivity index (χ4v) is 1.32. The Bertz CT molecular complexity index is 349. The minimum absolute atomic E-state index is 0.0150. The van der Waals surface area contributed by atoms with Crippen LogP contribution in [0.4, 0.5) is 0 Å². The highest BCUT2D eigenvalue weighted by atomic mass is 16.5. The average Bonchev–Trinajstić information content (AvgIpc) is 2.17. The smallest absolute Gasteiger partial charge is 0.307 e. The van der Waals surface area contributed by atoms with Crippen LogP contribution in [-0.4, -0.2) is 23.8 Å². The highest BCUT2D eigenvalue weighted by molar-refractivity contribution is 5.67. The molecule has 88 valence electrons. The van der Waals surface area contributed by atoms with E-state index in [-0.39, 0.29) is 12.5 Å². The molecule has 0 saturated heterocycles. The Morgan fingerprint density at radius 2 is 2.12 bits per heavy atom. The number of hydrogen-bond donors (Lipinski definition) is 1. The summed E-state index contributed by atoms with van der Waals surface area (Å²) >= 11 is 0. The van der Waals surface area contributed by atoms with Crippen LogP contribution in [0.15, 0.2) is 24.3 Å². The molecule has 1 rings (SSSR count). The molecule has 1 atom stereocenters. The van der Waals surface area contributed by atoms with E-state index in [0.29, 0.717) is 12.4 Å². The monoisotopic (exact) mass is 224 g/mol. The molecule has 1 N–H and O–H groups in total. The van der Waals surface area contributed by atoms with E-state index in [9.17, 15) is 4.79 Å². The summed E-state index contributed by atoms with van der Waals surface area (Å²) in [5.41, 5.74) is 0. The van der Waals surface area contributed by atoms with Gasteiger partial charge in [0.2, 0.25) is 0 Å². The SMILES string of the molecule is CCOc1cccc(O[C@H](C)CC(=O)O)c1. The van der Waals surface area contributed by atoms with Crippen molar-refractivity contribution in [1.29, 1.82) is 0 Å². The zero-order valence-electron chi connectivity index (χ0n) is 9.47. The summed E-state index contributed by atoms with van der Waals surface area (Å²) in [6.07, 6.45) is -0.367. The van der Waals surface area contributed by atoms with E-state index in [2.05, 4.69) is 0 Å². The number of hydrogen-bond acceptors (Lipinski definition) is 3. The van der Waals surface area contributed by atoms with Gasteiger partial charge in [-0.25, -0.2) is 0 Å². The van der Waals surface area contributed by atoms with Gasteiger partial charge in [0.1, 0.15) is 17.6 Å². The Labute approximate surface area is 94.8 Å². The van der Waals surface area contributed by atoms with Crippen LogP contribution in [0.3, 0.4) is 0 Å². The summed E-state index contributed by atoms with van der Waals surface area (Å²) in [6.45, 7) is 4.22. The molecule has 0 radical (unpaired) electrons. The number of carbonyl (C=O) groups is 1. The van der Waals surface area contributed by atoms with E-state index in [1.807, 2.05) is 19.1 Å². The van der Waals surface area contributed by atoms with Crippen LogP contribution in [0.2, 0.25) is 0 Å². The number of ether oxygens (including phenoxy) is 2. The van der Waals surface area contributed by atoms with E-state index in [0.717, 1.165) is 5.75 Å². The number of benzene rings is 1. The zero-order chi connectivity index (χ0) is 12.0. The zero-order valence-corrected chi connectivity index (χ0v) is 9.47. The maximum absolute atomic E-state index is 10.5. The van der Waals surface area contributed by atoms with Crippen molar-refractivity contribution in [2.24, 2.45) is 0 Å². The van der Waals surface area contributed by atoms with Crippen LogP contribution in [0.5, 0.6) is 11.5 Å². The molecule has 0 unspecified atom stereocenters. The number of carboxylic acids is 1. The van der Waals surface area contributed by atoms with Gasteiger partial charge in [-0.2, -0.15) is 0 Å². The summed E-state index contributed by atoms with van der Waals surface area (Å²) in [7, 11) is 0. The second-order valence-electron chi connectivity index (χ2n) is 3.43. The van der Waals surface area contributed by atoms with Gasteiger partial charge < -0.3 is 14.6 Å². The van der Waals surface area contributed by atoms with E-state index in [4.69, 9.17) is 14.6 Å². The topological polar surface area (TPSA) is 55.8 Å². The van der Waals surface area contributed by atoms with Crippen molar-refractivity contribution in [2.75, 3.05) is 6.61 Å². The van der Waals surface area contributed by atoms with Crippen LogP contribution in [0.25, 0.3) is 0 Å². The normalized spacial score (nSPS) is 11.9. The van der Waals surface area contributed by atoms with Crippen molar-refractivity contribution in [2.45, 2.75) is 26.4 Å². The van der Waals surface area contributed by atoms with Crippen molar-refractivity contribution >= 4 is 5.97 Å². The molecule has 0 heterocycles. The maximum Gasteiger partial charge on any atom is 0.307 e. The fourth-order valence-electron chi connectivity index (χ4n) is 1.32. The fraction of sp³-hybridized carbons (Fsp3) is 0.417. The molecule has 0 spiro atoms. The van der Waals surface area contributed by atoms with Crippen LogP contribution in [-0.2, 0) is 4.79 Å². The van der Waals surface area contributed by atoms with Gasteiger partial charge in [0.25, 0.3) is 0 Å². The number of rotatable bonds is 6. The minimum atomic E-state index is -0.867. The Hall–Kier alpha value is -1.71. The summed E-state index contributed by atoms with van der Waals surface area (Å²) in [4.78, 5) is 10.5. The van der Waals surface area contributed by atoms with Crippen molar-refractivity contribution in [3.8, 4) is 11.5 Å². The first-order valence-corrected chi connectivity index (χ1v) is 5.23. The third-order valence-corrected chi connectivity index (χ3v) is 1.92. The van der Waals surface area contributed by atoms with Gasteiger partial charge in [0, 0.05) is 6.07 Å². The number of carboxylic acid groups (broad SMARTS) is 1. The number of aliphatic carboxylic acids is 1. The molecule has 4 nitrogen and oxygen atoms in total. The van der Waals surface area contributed by atoms with Crippen LogP contribution in [0.1, 0.15) is 20.3 Å². The Morgan fingerprint density at radius 1 is 1.44 bits per heavy atom. The first-order chi connectivity index (χ1) is 7.61. The van der Waals surface area contributed by atoms with E-state index in [1.54, 1.807) is 19.1 Å². The van der Waals surface area contributed by atoms with Gasteiger partial charge in [-0.3, -0.25) is 4.79 Å². The maximum atomic E-state index is 10.5. The lowest BCUT2D eigenvalue weighted by Crippen LogP contribution is -2.16. The van der Waals surface area contributed by atoms with Crippen molar-refractivity contribution in [3.05, 3.63) is 24.3 Å². The van der Waals surface area contributed by atoms with Gasteiger partial charge >= 0.3 is 5.97 Å². The molecule has 0 aliphatic heterocycles. The van der Waals surface area contributed by atoms with E-state index < -0.39 is 5.97 Å². The lowest BCUT2D eigenvalue weighted by Gasteiger charge is -2.13. The summed E-state index contributed by atoms with van der Waals surface area (Å²) < 4.78 is 10.8. The third kappa shape index (κ3) is 4.21. The standard InChI is InChI=1S/C12H16O4/c1-3-15-10-5-4-6-11(8-10)16-9(2)7-12(13)14/h4-6,8-9H,3,7H2,1-2H3,(H,13,14)/t9-/m1/s1. The van der Waals surface area contributed by atoms with Crippen LogP contribution >= 0.6 is 0 Å². The molecule has 16 heavy (non-hydrogen) atoms. The third-order valence-electron chi connectivity index (χ3n) is 1.92. The predicted octanol–water partition coefficient (Wildman–Crippen LogP) is 2.33. The van der Waals surface area contributed by atoms with Gasteiger partial charge in [0.05, 0.1) is 13.0 Å². The molecule has 1 aromatic carbocycles. The lowest BCUT2D eigenvalue weighted by molar-refractivity contribution is -0.138. The van der Waals surface area contributed by atoms with Crippen LogP contribution < -0.4 is 9.47 Å². The van der Waals surface area contributed by atoms with Crippen molar-refractivity contribution in [1.82, 2.24) is 0 Å². The Morgan fingerprint density at radius 3 is 2.75 bits per heavy atom. The molecule has 0 aliphatic carbocycles. The predicted molar refractivity (Wildman–Crippen MR) is 60.0 cm³/mol. The largest absolute Gasteiger partial charge is 0.494 e. The average molecular weight is 224 g/mol. The molecule has 0 aromatic heterocycles. The van der Waals surface area contributed by atoms with Gasteiger partial charge in [-0.05, 0) is 26.0 Å². The quantitative estimate of drug-likeness (QED) is 0.805. The molecule has 0 amide bonds. The Balaban J connectivity index is 2.59. The molecule has 1 aromatic rings. The van der Waals surface area contributed by atoms with E-state index >= 15 is 0 Å². The van der Waals surface area contributed by atoms with Crippen molar-refractivity contribution < 1.29 is 19.4 Å². The van der Waals surface area contributed by atoms with Crippen LogP contribution in [0, 0.1) is 0 Å². The highest BCUT2D eigenvalue weighted by Gasteiger charge is 2.09. The second-order valence-corrected chi connectivity index (χ2v) is 3.43. The van der Waals surface area contributed by atoms with Gasteiger partial charge in [-0.1, -0.05) is 6.07 Å². The lowest BCUT2D eigenvalue weighted by atomic mass is 10.2. The molecule has 4 heteroatoms. The minimum Gasteiger partial charge on any atom is -0.494 e. The van der Waals surface area contributed by atoms with E-state index in [1.165, 1.54) is 0 Å². The van der Waals surface area contributed by atoms with Gasteiger partial charge in [0.15, 0.2) is 0 Å². The summed E-state index contributed by atoms with van der Waals surface area (Å²) in [6, 6.07) is 7.18. The molecule has 0 saturated carbocycles. The molecular weight excluding hydrogens is 208 g/mol. The molecular formula is C12H16O4. The molecule has 0 fully saturated rings. The summed E-state index contributed by atoms with van der Waals surface area (Å²) in [5.74, 6) is 0.482. The Kier molecular flexibility index (Phi) is 4.64. The first kappa shape index (κ1) is 12.4. The second kappa shape index (κ2) is 6.00. The van der Waals surface area contributed by atoms with Gasteiger partial charge in [-0.15, -0.1) is 0 Å². The highest BCUT2D eigenvalue weighted by Crippen LogP contribution is 2.20. The molecule has 0 aliphatic rings.